The average Bonchev–Trinajstić information content (AvgIpc) is 2.99. The van der Waals surface area contributed by atoms with Gasteiger partial charge in [0.15, 0.2) is 0 Å². The number of amides is 2. The first-order valence-corrected chi connectivity index (χ1v) is 16.0. The number of halogens is 1. The summed E-state index contributed by atoms with van der Waals surface area (Å²) in [6.07, 6.45) is 3.94. The highest BCUT2D eigenvalue weighted by atomic mass is 35.5. The number of piperazine rings is 1. The number of unbranched alkanes of at least 4 members (excludes halogenated alkanes) is 1. The van der Waals surface area contributed by atoms with E-state index in [0.717, 1.165) is 38.1 Å². The summed E-state index contributed by atoms with van der Waals surface area (Å²) >= 11 is 6.16. The van der Waals surface area contributed by atoms with Crippen molar-refractivity contribution in [3.63, 3.8) is 0 Å². The van der Waals surface area contributed by atoms with E-state index < -0.39 is 16.1 Å². The van der Waals surface area contributed by atoms with Crippen molar-refractivity contribution in [2.75, 3.05) is 43.4 Å². The van der Waals surface area contributed by atoms with E-state index in [1.807, 2.05) is 6.07 Å². The zero-order valence-electron chi connectivity index (χ0n) is 23.8. The third-order valence-corrected chi connectivity index (χ3v) is 8.62. The molecule has 0 bridgehead atoms. The molecule has 1 aromatic heterocycles. The minimum atomic E-state index is -4.01. The number of primary sulfonamides is 1. The Labute approximate surface area is 256 Å². The van der Waals surface area contributed by atoms with Crippen molar-refractivity contribution < 1.29 is 13.2 Å². The summed E-state index contributed by atoms with van der Waals surface area (Å²) in [4.78, 5) is 22.0. The highest BCUT2D eigenvalue weighted by Crippen LogP contribution is 2.35. The van der Waals surface area contributed by atoms with Crippen LogP contribution in [-0.4, -0.2) is 67.8 Å². The molecule has 1 aliphatic rings. The molecule has 1 aliphatic heterocycles. The van der Waals surface area contributed by atoms with E-state index >= 15 is 0 Å². The van der Waals surface area contributed by atoms with Gasteiger partial charge in [0.25, 0.3) is 0 Å². The van der Waals surface area contributed by atoms with Crippen LogP contribution in [0.25, 0.3) is 22.0 Å². The van der Waals surface area contributed by atoms with Gasteiger partial charge in [-0.3, -0.25) is 15.3 Å². The van der Waals surface area contributed by atoms with Gasteiger partial charge in [0, 0.05) is 59.6 Å². The largest absolute Gasteiger partial charge is 0.354 e. The molecule has 0 atom stereocenters. The number of amidine groups is 1. The predicted molar refractivity (Wildman–Crippen MR) is 172 cm³/mol. The minimum absolute atomic E-state index is 0.0928. The van der Waals surface area contributed by atoms with Crippen LogP contribution in [0, 0.1) is 5.41 Å². The van der Waals surface area contributed by atoms with Crippen molar-refractivity contribution in [2.45, 2.75) is 24.7 Å². The van der Waals surface area contributed by atoms with Gasteiger partial charge in [-0.1, -0.05) is 43.1 Å². The van der Waals surface area contributed by atoms with Crippen LogP contribution >= 0.6 is 11.6 Å². The second kappa shape index (κ2) is 13.1. The fraction of sp³-hybridized carbons (Fsp3) is 0.258. The SMILES string of the molecule is CCCCN1CCN(C(=N)c2cccc(NC(=O)Nc3ccc(S(N)(=O)=O)cc3-c3ccnc4cc(Cl)ccc34)c2)CC1. The highest BCUT2D eigenvalue weighted by molar-refractivity contribution is 7.89. The lowest BCUT2D eigenvalue weighted by Crippen LogP contribution is -2.48. The third kappa shape index (κ3) is 7.31. The zero-order valence-corrected chi connectivity index (χ0v) is 25.4. The Balaban J connectivity index is 1.35. The quantitative estimate of drug-likeness (QED) is 0.149. The number of rotatable bonds is 8. The Hall–Kier alpha value is -4.03. The molecule has 3 aromatic carbocycles. The first kappa shape index (κ1) is 30.4. The number of hydrogen-bond acceptors (Lipinski definition) is 6. The molecule has 0 aliphatic carbocycles. The maximum absolute atomic E-state index is 13.2. The Morgan fingerprint density at radius 2 is 1.79 bits per heavy atom. The Kier molecular flexibility index (Phi) is 9.26. The molecule has 43 heavy (non-hydrogen) atoms. The maximum Gasteiger partial charge on any atom is 0.323 e. The fourth-order valence-electron chi connectivity index (χ4n) is 5.18. The molecule has 12 heteroatoms. The molecule has 0 radical (unpaired) electrons. The number of urea groups is 1. The third-order valence-electron chi connectivity index (χ3n) is 7.47. The molecule has 5 N–H and O–H groups in total. The van der Waals surface area contributed by atoms with E-state index in [-0.39, 0.29) is 4.90 Å². The van der Waals surface area contributed by atoms with Gasteiger partial charge < -0.3 is 15.5 Å². The number of nitrogens with one attached hydrogen (secondary N) is 3. The summed E-state index contributed by atoms with van der Waals surface area (Å²) in [5.74, 6) is 0.421. The second-order valence-corrected chi connectivity index (χ2v) is 12.5. The topological polar surface area (TPSA) is 145 Å². The van der Waals surface area contributed by atoms with Crippen LogP contribution in [0.5, 0.6) is 0 Å². The Morgan fingerprint density at radius 1 is 1.00 bits per heavy atom. The number of pyridine rings is 1. The monoisotopic (exact) mass is 619 g/mol. The standard InChI is InChI=1S/C31H34ClN7O3S/c1-2-3-13-38-14-16-39(17-15-38)30(33)21-5-4-6-23(18-21)36-31(40)37-28-10-8-24(43(34,41)42)20-27(28)25-11-12-35-29-19-22(32)7-9-26(25)29/h4-12,18-20,33H,2-3,13-17H2,1H3,(H2,34,41,42)(H2,36,37,40). The van der Waals surface area contributed by atoms with Crippen LogP contribution in [0.4, 0.5) is 16.2 Å². The number of nitrogens with two attached hydrogens (primary N) is 1. The summed E-state index contributed by atoms with van der Waals surface area (Å²) < 4.78 is 24.4. The van der Waals surface area contributed by atoms with E-state index in [4.69, 9.17) is 22.1 Å². The number of nitrogens with zero attached hydrogens (tertiary/aromatic N) is 3. The van der Waals surface area contributed by atoms with Crippen molar-refractivity contribution in [1.29, 1.82) is 5.41 Å². The molecule has 5 rings (SSSR count). The van der Waals surface area contributed by atoms with E-state index in [1.165, 1.54) is 31.0 Å². The van der Waals surface area contributed by atoms with Gasteiger partial charge in [-0.15, -0.1) is 0 Å². The van der Waals surface area contributed by atoms with E-state index in [2.05, 4.69) is 32.3 Å². The molecule has 0 spiro atoms. The Bertz CT molecular complexity index is 1770. The summed E-state index contributed by atoms with van der Waals surface area (Å²) in [5, 5.41) is 21.1. The molecule has 2 amide bonds. The normalized spacial score (nSPS) is 14.1. The van der Waals surface area contributed by atoms with E-state index in [0.29, 0.717) is 44.4 Å². The van der Waals surface area contributed by atoms with Gasteiger partial charge >= 0.3 is 6.03 Å². The van der Waals surface area contributed by atoms with Crippen molar-refractivity contribution in [3.8, 4) is 11.1 Å². The van der Waals surface area contributed by atoms with Crippen LogP contribution in [0.2, 0.25) is 5.02 Å². The van der Waals surface area contributed by atoms with Crippen LogP contribution in [0.3, 0.4) is 0 Å². The summed E-state index contributed by atoms with van der Waals surface area (Å²) in [5.41, 5.74) is 3.31. The molecule has 4 aromatic rings. The fourth-order valence-corrected chi connectivity index (χ4v) is 5.88. The summed E-state index contributed by atoms with van der Waals surface area (Å²) in [6.45, 7) is 6.70. The number of carbonyl (C=O) groups is 1. The number of aromatic nitrogens is 1. The van der Waals surface area contributed by atoms with Crippen LogP contribution in [0.1, 0.15) is 25.3 Å². The first-order valence-electron chi connectivity index (χ1n) is 14.1. The van der Waals surface area contributed by atoms with Crippen LogP contribution in [0.15, 0.2) is 77.8 Å². The number of carbonyl (C=O) groups excluding carboxylic acids is 1. The minimum Gasteiger partial charge on any atom is -0.354 e. The number of benzene rings is 3. The molecule has 0 saturated carbocycles. The van der Waals surface area contributed by atoms with Crippen LogP contribution < -0.4 is 15.8 Å². The number of anilines is 2. The number of sulfonamides is 1. The summed E-state index contributed by atoms with van der Waals surface area (Å²) in [7, 11) is -4.01. The second-order valence-electron chi connectivity index (χ2n) is 10.5. The molecule has 2 heterocycles. The number of hydrogen-bond donors (Lipinski definition) is 4. The molecule has 1 fully saturated rings. The van der Waals surface area contributed by atoms with Gasteiger partial charge in [0.05, 0.1) is 16.1 Å². The molecule has 224 valence electrons. The zero-order chi connectivity index (χ0) is 30.6. The lowest BCUT2D eigenvalue weighted by Gasteiger charge is -2.36. The lowest BCUT2D eigenvalue weighted by atomic mass is 9.99. The molecule has 0 unspecified atom stereocenters. The lowest BCUT2D eigenvalue weighted by molar-refractivity contribution is 0.180. The Morgan fingerprint density at radius 3 is 2.53 bits per heavy atom. The number of fused-ring (bicyclic) bond motifs is 1. The molecular weight excluding hydrogens is 586 g/mol. The summed E-state index contributed by atoms with van der Waals surface area (Å²) in [6, 6.07) is 17.9. The van der Waals surface area contributed by atoms with Crippen LogP contribution in [-0.2, 0) is 10.0 Å². The smallest absolute Gasteiger partial charge is 0.323 e. The van der Waals surface area contributed by atoms with E-state index in [9.17, 15) is 13.2 Å². The molecular formula is C31H34ClN7O3S. The maximum atomic E-state index is 13.2. The van der Waals surface area contributed by atoms with Crippen molar-refractivity contribution >= 4 is 55.8 Å². The van der Waals surface area contributed by atoms with Gasteiger partial charge in [-0.25, -0.2) is 18.4 Å². The van der Waals surface area contributed by atoms with Gasteiger partial charge in [0.1, 0.15) is 5.84 Å². The van der Waals surface area contributed by atoms with E-state index in [1.54, 1.807) is 48.7 Å². The predicted octanol–water partition coefficient (Wildman–Crippen LogP) is 5.59. The molecule has 1 saturated heterocycles. The van der Waals surface area contributed by atoms with Gasteiger partial charge in [0.2, 0.25) is 10.0 Å². The molecule has 10 nitrogen and oxygen atoms in total. The first-order chi connectivity index (χ1) is 20.6. The van der Waals surface area contributed by atoms with Gasteiger partial charge in [-0.05, 0) is 67.1 Å². The average molecular weight is 620 g/mol. The van der Waals surface area contributed by atoms with Crippen molar-refractivity contribution in [3.05, 3.63) is 83.5 Å². The van der Waals surface area contributed by atoms with Crippen molar-refractivity contribution in [2.24, 2.45) is 5.14 Å². The van der Waals surface area contributed by atoms with Gasteiger partial charge in [-0.2, -0.15) is 0 Å². The van der Waals surface area contributed by atoms with Crippen molar-refractivity contribution in [1.82, 2.24) is 14.8 Å². The highest BCUT2D eigenvalue weighted by Gasteiger charge is 2.20.